The van der Waals surface area contributed by atoms with Crippen LogP contribution in [0.2, 0.25) is 0 Å². The number of nitro benzene ring substituents is 1. The first-order valence-electron chi connectivity index (χ1n) is 7.64. The molecule has 0 aliphatic carbocycles. The van der Waals surface area contributed by atoms with Crippen LogP contribution in [0.3, 0.4) is 0 Å². The number of aromatic nitrogens is 2. The summed E-state index contributed by atoms with van der Waals surface area (Å²) in [6.07, 6.45) is 1.27. The van der Waals surface area contributed by atoms with Crippen LogP contribution in [0.1, 0.15) is 6.92 Å². The van der Waals surface area contributed by atoms with Gasteiger partial charge in [0, 0.05) is 17.0 Å². The lowest BCUT2D eigenvalue weighted by Crippen LogP contribution is -2.36. The van der Waals surface area contributed by atoms with Crippen LogP contribution in [0.5, 0.6) is 0 Å². The first-order chi connectivity index (χ1) is 12.5. The molecule has 2 aromatic carbocycles. The van der Waals surface area contributed by atoms with E-state index in [2.05, 4.69) is 10.4 Å². The van der Waals surface area contributed by atoms with E-state index in [0.717, 1.165) is 4.68 Å². The summed E-state index contributed by atoms with van der Waals surface area (Å²) in [5.74, 6) is -0.382. The first-order valence-corrected chi connectivity index (χ1v) is 8.52. The average molecular weight is 370 g/mol. The summed E-state index contributed by atoms with van der Waals surface area (Å²) in [4.78, 5) is 39.8. The predicted octanol–water partition coefficient (Wildman–Crippen LogP) is 2.56. The fraction of sp³-hybridized carbons (Fsp3) is 0.118. The zero-order valence-corrected chi connectivity index (χ0v) is 14.5. The molecule has 0 spiro atoms. The number of amides is 1. The van der Waals surface area contributed by atoms with Gasteiger partial charge in [0.2, 0.25) is 0 Å². The van der Waals surface area contributed by atoms with Crippen molar-refractivity contribution in [3.8, 4) is 0 Å². The third-order valence-corrected chi connectivity index (χ3v) is 4.74. The third-order valence-electron chi connectivity index (χ3n) is 3.63. The van der Waals surface area contributed by atoms with Gasteiger partial charge in [-0.15, -0.1) is 11.8 Å². The minimum Gasteiger partial charge on any atom is -0.272 e. The van der Waals surface area contributed by atoms with Gasteiger partial charge in [-0.1, -0.05) is 12.1 Å². The normalized spacial score (nSPS) is 11.9. The Labute approximate surface area is 152 Å². The van der Waals surface area contributed by atoms with E-state index in [-0.39, 0.29) is 17.2 Å². The van der Waals surface area contributed by atoms with E-state index >= 15 is 0 Å². The molecular weight excluding hydrogens is 356 g/mol. The van der Waals surface area contributed by atoms with Crippen molar-refractivity contribution >= 4 is 34.3 Å². The molecule has 0 bridgehead atoms. The van der Waals surface area contributed by atoms with Gasteiger partial charge in [-0.25, -0.2) is 9.66 Å². The Morgan fingerprint density at radius 1 is 1.23 bits per heavy atom. The summed E-state index contributed by atoms with van der Waals surface area (Å²) in [5.41, 5.74) is 2.70. The van der Waals surface area contributed by atoms with Gasteiger partial charge in [-0.2, -0.15) is 0 Å². The number of nitrogens with one attached hydrogen (secondary N) is 1. The number of thioether (sulfide) groups is 1. The van der Waals surface area contributed by atoms with E-state index in [1.165, 1.54) is 30.2 Å². The predicted molar refractivity (Wildman–Crippen MR) is 98.8 cm³/mol. The standard InChI is InChI=1S/C17H14N4O4S/c1-11(26-13-8-6-12(7-9-13)21(24)25)16(22)19-20-10-18-15-5-3-2-4-14(15)17(20)23/h2-11H,1H3,(H,19,22). The number of nitrogens with zero attached hydrogens (tertiary/aromatic N) is 3. The number of carbonyl (C=O) groups excluding carboxylic acids is 1. The van der Waals surface area contributed by atoms with Crippen molar-refractivity contribution < 1.29 is 9.72 Å². The highest BCUT2D eigenvalue weighted by Gasteiger charge is 2.16. The Morgan fingerprint density at radius 2 is 1.92 bits per heavy atom. The molecule has 0 aliphatic rings. The van der Waals surface area contributed by atoms with Gasteiger partial charge in [0.15, 0.2) is 0 Å². The molecule has 3 rings (SSSR count). The fourth-order valence-electron chi connectivity index (χ4n) is 2.26. The van der Waals surface area contributed by atoms with E-state index in [1.54, 1.807) is 43.3 Å². The van der Waals surface area contributed by atoms with E-state index in [9.17, 15) is 19.7 Å². The number of hydrogen-bond donors (Lipinski definition) is 1. The number of fused-ring (bicyclic) bond motifs is 1. The SMILES string of the molecule is CC(Sc1ccc([N+](=O)[O-])cc1)C(=O)Nn1cnc2ccccc2c1=O. The highest BCUT2D eigenvalue weighted by molar-refractivity contribution is 8.00. The molecule has 0 aliphatic heterocycles. The van der Waals surface area contributed by atoms with Crippen LogP contribution in [0.15, 0.2) is 64.5 Å². The van der Waals surface area contributed by atoms with E-state index in [1.807, 2.05) is 0 Å². The van der Waals surface area contributed by atoms with Crippen molar-refractivity contribution in [1.82, 2.24) is 9.66 Å². The number of benzene rings is 2. The molecule has 1 amide bonds. The maximum absolute atomic E-state index is 12.4. The second-order valence-electron chi connectivity index (χ2n) is 5.42. The maximum atomic E-state index is 12.4. The fourth-order valence-corrected chi connectivity index (χ4v) is 3.12. The van der Waals surface area contributed by atoms with Crippen LogP contribution < -0.4 is 11.0 Å². The van der Waals surface area contributed by atoms with Crippen LogP contribution in [0.4, 0.5) is 5.69 Å². The molecular formula is C17H14N4O4S. The summed E-state index contributed by atoms with van der Waals surface area (Å²) < 4.78 is 1.05. The molecule has 9 heteroatoms. The van der Waals surface area contributed by atoms with Crippen LogP contribution in [-0.2, 0) is 4.79 Å². The number of rotatable bonds is 5. The molecule has 0 radical (unpaired) electrons. The molecule has 132 valence electrons. The van der Waals surface area contributed by atoms with Crippen molar-refractivity contribution in [3.63, 3.8) is 0 Å². The van der Waals surface area contributed by atoms with E-state index < -0.39 is 10.2 Å². The summed E-state index contributed by atoms with van der Waals surface area (Å²) in [6, 6.07) is 12.8. The molecule has 8 nitrogen and oxygen atoms in total. The third kappa shape index (κ3) is 3.72. The molecule has 0 fully saturated rings. The van der Waals surface area contributed by atoms with Crippen molar-refractivity contribution in [2.45, 2.75) is 17.1 Å². The molecule has 0 saturated heterocycles. The number of non-ortho nitro benzene ring substituents is 1. The Bertz CT molecular complexity index is 1030. The van der Waals surface area contributed by atoms with Gasteiger partial charge in [0.05, 0.1) is 21.1 Å². The topological polar surface area (TPSA) is 107 Å². The minimum atomic E-state index is -0.519. The monoisotopic (exact) mass is 370 g/mol. The van der Waals surface area contributed by atoms with E-state index in [4.69, 9.17) is 0 Å². The van der Waals surface area contributed by atoms with Gasteiger partial charge in [-0.05, 0) is 31.2 Å². The summed E-state index contributed by atoms with van der Waals surface area (Å²) in [7, 11) is 0. The van der Waals surface area contributed by atoms with Crippen molar-refractivity contribution in [2.75, 3.05) is 5.43 Å². The lowest BCUT2D eigenvalue weighted by Gasteiger charge is -2.13. The Hall–Kier alpha value is -3.20. The molecule has 1 N–H and O–H groups in total. The van der Waals surface area contributed by atoms with Gasteiger partial charge in [0.1, 0.15) is 6.33 Å². The zero-order chi connectivity index (χ0) is 18.7. The summed E-state index contributed by atoms with van der Waals surface area (Å²) in [6.45, 7) is 1.68. The van der Waals surface area contributed by atoms with Crippen LogP contribution in [0, 0.1) is 10.1 Å². The van der Waals surface area contributed by atoms with Gasteiger partial charge < -0.3 is 0 Å². The Morgan fingerprint density at radius 3 is 2.62 bits per heavy atom. The van der Waals surface area contributed by atoms with Crippen molar-refractivity contribution in [2.24, 2.45) is 0 Å². The molecule has 1 aromatic heterocycles. The second-order valence-corrected chi connectivity index (χ2v) is 6.84. The molecule has 1 atom stereocenters. The van der Waals surface area contributed by atoms with Gasteiger partial charge in [-0.3, -0.25) is 25.1 Å². The zero-order valence-electron chi connectivity index (χ0n) is 13.7. The molecule has 26 heavy (non-hydrogen) atoms. The quantitative estimate of drug-likeness (QED) is 0.420. The van der Waals surface area contributed by atoms with Crippen LogP contribution >= 0.6 is 11.8 Å². The lowest BCUT2D eigenvalue weighted by molar-refractivity contribution is -0.384. The highest BCUT2D eigenvalue weighted by Crippen LogP contribution is 2.25. The molecule has 0 saturated carbocycles. The van der Waals surface area contributed by atoms with Crippen LogP contribution in [-0.4, -0.2) is 25.7 Å². The minimum absolute atomic E-state index is 0.0137. The lowest BCUT2D eigenvalue weighted by atomic mass is 10.2. The number of hydrogen-bond acceptors (Lipinski definition) is 6. The van der Waals surface area contributed by atoms with Gasteiger partial charge >= 0.3 is 0 Å². The second kappa shape index (κ2) is 7.36. The number of nitro groups is 1. The van der Waals surface area contributed by atoms with Gasteiger partial charge in [0.25, 0.3) is 17.2 Å². The van der Waals surface area contributed by atoms with Crippen molar-refractivity contribution in [3.05, 3.63) is 75.3 Å². The Kier molecular flexibility index (Phi) is 4.99. The van der Waals surface area contributed by atoms with E-state index in [0.29, 0.717) is 15.8 Å². The largest absolute Gasteiger partial charge is 0.280 e. The number of para-hydroxylation sites is 1. The Balaban J connectivity index is 1.72. The molecule has 1 heterocycles. The highest BCUT2D eigenvalue weighted by atomic mass is 32.2. The number of carbonyl (C=O) groups is 1. The molecule has 1 unspecified atom stereocenters. The molecule has 3 aromatic rings. The summed E-state index contributed by atoms with van der Waals surface area (Å²) in [5, 5.41) is 10.6. The maximum Gasteiger partial charge on any atom is 0.280 e. The average Bonchev–Trinajstić information content (AvgIpc) is 2.64. The van der Waals surface area contributed by atoms with Crippen molar-refractivity contribution in [1.29, 1.82) is 0 Å². The smallest absolute Gasteiger partial charge is 0.272 e. The first kappa shape index (κ1) is 17.6. The summed E-state index contributed by atoms with van der Waals surface area (Å²) >= 11 is 1.23. The van der Waals surface area contributed by atoms with Crippen LogP contribution in [0.25, 0.3) is 10.9 Å².